The number of hydroxylamine groups is 1. The number of rotatable bonds is 2. The van der Waals surface area contributed by atoms with Crippen molar-refractivity contribution in [1.82, 2.24) is 0 Å². The van der Waals surface area contributed by atoms with Gasteiger partial charge < -0.3 is 4.74 Å². The Hall–Kier alpha value is -1.88. The maximum absolute atomic E-state index is 10.4. The maximum Gasteiger partial charge on any atom is 0.421 e. The lowest BCUT2D eigenvalue weighted by molar-refractivity contribution is -0.756. The van der Waals surface area contributed by atoms with Crippen LogP contribution in [0.25, 0.3) is 0 Å². The summed E-state index contributed by atoms with van der Waals surface area (Å²) < 4.78 is 6.91. The number of allylic oxidation sites excluding steroid dienone is 2. The second kappa shape index (κ2) is 5.15. The summed E-state index contributed by atoms with van der Waals surface area (Å²) in [6, 6.07) is 4.24. The van der Waals surface area contributed by atoms with Crippen molar-refractivity contribution in [2.75, 3.05) is 13.2 Å². The van der Waals surface area contributed by atoms with E-state index in [1.165, 1.54) is 9.62 Å². The van der Waals surface area contributed by atoms with Crippen LogP contribution < -0.4 is 0 Å². The van der Waals surface area contributed by atoms with Crippen LogP contribution >= 0.6 is 11.3 Å². The number of aliphatic imine (C=N–C) groups is 1. The molecule has 4 rings (SSSR count). The van der Waals surface area contributed by atoms with Crippen molar-refractivity contribution >= 4 is 22.8 Å². The third-order valence-corrected chi connectivity index (χ3v) is 5.05. The highest BCUT2D eigenvalue weighted by Gasteiger charge is 2.43. The fourth-order valence-corrected chi connectivity index (χ4v) is 3.95. The average Bonchev–Trinajstić information content (AvgIpc) is 3.04. The van der Waals surface area contributed by atoms with Crippen LogP contribution in [0.4, 0.5) is 0 Å². The van der Waals surface area contributed by atoms with Gasteiger partial charge in [-0.25, -0.2) is 0 Å². The second-order valence-corrected chi connectivity index (χ2v) is 6.47. The first-order chi connectivity index (χ1) is 10.3. The number of hydrogen-bond acceptors (Lipinski definition) is 4. The lowest BCUT2D eigenvalue weighted by Gasteiger charge is -2.27. The summed E-state index contributed by atoms with van der Waals surface area (Å²) in [6.07, 6.45) is 6.84. The molecule has 0 fully saturated rings. The first-order valence-electron chi connectivity index (χ1n) is 7.30. The first kappa shape index (κ1) is 12.8. The zero-order valence-corrected chi connectivity index (χ0v) is 12.5. The molecule has 0 aliphatic carbocycles. The highest BCUT2D eigenvalue weighted by atomic mass is 32.1. The van der Waals surface area contributed by atoms with E-state index in [2.05, 4.69) is 23.6 Å². The Morgan fingerprint density at radius 3 is 3.29 bits per heavy atom. The molecule has 4 nitrogen and oxygen atoms in total. The first-order valence-corrected chi connectivity index (χ1v) is 8.18. The zero-order chi connectivity index (χ0) is 14.2. The molecule has 0 radical (unpaired) electrons. The Balaban J connectivity index is 1.81. The van der Waals surface area contributed by atoms with Gasteiger partial charge in [0.15, 0.2) is 0 Å². The molecule has 3 aliphatic heterocycles. The van der Waals surface area contributed by atoms with E-state index in [-0.39, 0.29) is 5.92 Å². The van der Waals surface area contributed by atoms with Crippen molar-refractivity contribution < 1.29 is 14.7 Å². The number of thiophene rings is 1. The minimum Gasteiger partial charge on any atom is -0.437 e. The van der Waals surface area contributed by atoms with Gasteiger partial charge in [-0.2, -0.15) is 0 Å². The van der Waals surface area contributed by atoms with Crippen LogP contribution in [0.15, 0.2) is 46.1 Å². The van der Waals surface area contributed by atoms with E-state index in [0.717, 1.165) is 42.8 Å². The van der Waals surface area contributed by atoms with Crippen LogP contribution in [-0.4, -0.2) is 34.5 Å². The predicted molar refractivity (Wildman–Crippen MR) is 82.2 cm³/mol. The summed E-state index contributed by atoms with van der Waals surface area (Å²) in [5, 5.41) is 12.5. The SMILES string of the molecule is O[N+]1=C2CCCN=C2C(Cc2cccs2)C2=C1OCC=C2. The molecule has 5 heteroatoms. The lowest BCUT2D eigenvalue weighted by Crippen LogP contribution is -2.41. The van der Waals surface area contributed by atoms with Gasteiger partial charge in [-0.3, -0.25) is 10.2 Å². The van der Waals surface area contributed by atoms with Crippen molar-refractivity contribution in [2.45, 2.75) is 19.3 Å². The summed E-state index contributed by atoms with van der Waals surface area (Å²) in [6.45, 7) is 1.36. The molecule has 0 bridgehead atoms. The van der Waals surface area contributed by atoms with E-state index >= 15 is 0 Å². The van der Waals surface area contributed by atoms with Crippen molar-refractivity contribution in [3.05, 3.63) is 46.0 Å². The fourth-order valence-electron chi connectivity index (χ4n) is 3.20. The van der Waals surface area contributed by atoms with Gasteiger partial charge in [-0.1, -0.05) is 6.07 Å². The molecular formula is C16H17N2O2S+. The number of nitrogens with zero attached hydrogens (tertiary/aromatic N) is 2. The molecule has 0 spiro atoms. The number of hydrogen-bond donors (Lipinski definition) is 1. The second-order valence-electron chi connectivity index (χ2n) is 5.44. The van der Waals surface area contributed by atoms with Gasteiger partial charge in [0.25, 0.3) is 5.71 Å². The van der Waals surface area contributed by atoms with Crippen LogP contribution in [0.3, 0.4) is 0 Å². The van der Waals surface area contributed by atoms with E-state index in [0.29, 0.717) is 12.5 Å². The van der Waals surface area contributed by atoms with Crippen LogP contribution in [0, 0.1) is 5.92 Å². The third-order valence-electron chi connectivity index (χ3n) is 4.15. The molecule has 1 unspecified atom stereocenters. The number of ether oxygens (including phenoxy) is 1. The molecule has 21 heavy (non-hydrogen) atoms. The molecule has 108 valence electrons. The predicted octanol–water partition coefficient (Wildman–Crippen LogP) is 2.80. The molecule has 1 aromatic rings. The minimum atomic E-state index is 0.189. The summed E-state index contributed by atoms with van der Waals surface area (Å²) >= 11 is 1.77. The van der Waals surface area contributed by atoms with Gasteiger partial charge in [0.05, 0.1) is 10.3 Å². The minimum absolute atomic E-state index is 0.189. The van der Waals surface area contributed by atoms with Crippen LogP contribution in [-0.2, 0) is 11.2 Å². The quantitative estimate of drug-likeness (QED) is 0.674. The molecule has 4 heterocycles. The fraction of sp³-hybridized carbons (Fsp3) is 0.375. The average molecular weight is 301 g/mol. The number of fused-ring (bicyclic) bond motifs is 1. The molecule has 1 aromatic heterocycles. The van der Waals surface area contributed by atoms with E-state index in [9.17, 15) is 5.21 Å². The summed E-state index contributed by atoms with van der Waals surface area (Å²) in [5.41, 5.74) is 2.99. The van der Waals surface area contributed by atoms with Crippen LogP contribution in [0.2, 0.25) is 0 Å². The molecule has 1 N–H and O–H groups in total. The topological polar surface area (TPSA) is 44.8 Å². The summed E-state index contributed by atoms with van der Waals surface area (Å²) in [4.78, 5) is 6.05. The van der Waals surface area contributed by atoms with Crippen molar-refractivity contribution in [1.29, 1.82) is 0 Å². The smallest absolute Gasteiger partial charge is 0.421 e. The third kappa shape index (κ3) is 2.12. The highest BCUT2D eigenvalue weighted by Crippen LogP contribution is 2.33. The molecular weight excluding hydrogens is 284 g/mol. The van der Waals surface area contributed by atoms with Crippen LogP contribution in [0.1, 0.15) is 17.7 Å². The Kier molecular flexibility index (Phi) is 3.15. The summed E-state index contributed by atoms with van der Waals surface area (Å²) in [7, 11) is 0. The van der Waals surface area contributed by atoms with E-state index in [4.69, 9.17) is 9.73 Å². The van der Waals surface area contributed by atoms with E-state index in [1.807, 2.05) is 6.08 Å². The highest BCUT2D eigenvalue weighted by molar-refractivity contribution is 7.09. The molecule has 0 amide bonds. The van der Waals surface area contributed by atoms with Gasteiger partial charge in [0.1, 0.15) is 12.3 Å². The lowest BCUT2D eigenvalue weighted by atomic mass is 9.83. The van der Waals surface area contributed by atoms with E-state index < -0.39 is 0 Å². The standard InChI is InChI=1S/C16H17N2O2S/c19-18-14-6-1-7-17-15(14)13(10-11-4-3-9-21-11)12-5-2-8-20-16(12)18/h2-5,9,13,19H,1,6-8,10H2/q+1. The molecule has 0 saturated carbocycles. The Labute approximate surface area is 127 Å². The van der Waals surface area contributed by atoms with Gasteiger partial charge >= 0.3 is 5.88 Å². The summed E-state index contributed by atoms with van der Waals surface area (Å²) in [5.74, 6) is 0.781. The monoisotopic (exact) mass is 301 g/mol. The zero-order valence-electron chi connectivity index (χ0n) is 11.7. The van der Waals surface area contributed by atoms with Gasteiger partial charge in [-0.15, -0.1) is 11.3 Å². The van der Waals surface area contributed by atoms with Crippen LogP contribution in [0.5, 0.6) is 0 Å². The Bertz CT molecular complexity index is 683. The molecule has 0 aromatic carbocycles. The van der Waals surface area contributed by atoms with Gasteiger partial charge in [0, 0.05) is 23.8 Å². The maximum atomic E-state index is 10.4. The van der Waals surface area contributed by atoms with Crippen molar-refractivity contribution in [3.8, 4) is 0 Å². The van der Waals surface area contributed by atoms with E-state index in [1.54, 1.807) is 11.3 Å². The molecule has 1 atom stereocenters. The molecule has 3 aliphatic rings. The Morgan fingerprint density at radius 2 is 2.43 bits per heavy atom. The van der Waals surface area contributed by atoms with Crippen molar-refractivity contribution in [3.63, 3.8) is 0 Å². The van der Waals surface area contributed by atoms with Gasteiger partial charge in [-0.05, 0) is 36.4 Å². The van der Waals surface area contributed by atoms with Crippen molar-refractivity contribution in [2.24, 2.45) is 10.9 Å². The van der Waals surface area contributed by atoms with Gasteiger partial charge in [0.2, 0.25) is 0 Å². The normalized spacial score (nSPS) is 24.4. The largest absolute Gasteiger partial charge is 0.437 e. The Morgan fingerprint density at radius 1 is 1.48 bits per heavy atom. The molecule has 0 saturated heterocycles.